The predicted molar refractivity (Wildman–Crippen MR) is 74.6 cm³/mol. The monoisotopic (exact) mass is 340 g/mol. The van der Waals surface area contributed by atoms with Crippen molar-refractivity contribution in [2.45, 2.75) is 12.6 Å². The van der Waals surface area contributed by atoms with Crippen molar-refractivity contribution in [3.8, 4) is 0 Å². The summed E-state index contributed by atoms with van der Waals surface area (Å²) in [7, 11) is 0. The molecule has 1 aliphatic rings. The average Bonchev–Trinajstić information content (AvgIpc) is 2.95. The van der Waals surface area contributed by atoms with Crippen LogP contribution in [0.3, 0.4) is 0 Å². The van der Waals surface area contributed by atoms with Crippen LogP contribution in [0.4, 0.5) is 4.39 Å². The fourth-order valence-corrected chi connectivity index (χ4v) is 2.71. The molecule has 1 aliphatic heterocycles. The van der Waals surface area contributed by atoms with Gasteiger partial charge in [-0.25, -0.2) is 4.39 Å². The molecule has 2 heterocycles. The van der Waals surface area contributed by atoms with Crippen molar-refractivity contribution < 1.29 is 13.7 Å². The van der Waals surface area contributed by atoms with E-state index in [9.17, 15) is 4.39 Å². The van der Waals surface area contributed by atoms with Crippen LogP contribution in [0.5, 0.6) is 0 Å². The minimum atomic E-state index is -0.260. The molecule has 0 amide bonds. The van der Waals surface area contributed by atoms with Gasteiger partial charge in [-0.05, 0) is 33.6 Å². The van der Waals surface area contributed by atoms with Gasteiger partial charge in [0.05, 0.1) is 22.9 Å². The highest BCUT2D eigenvalue weighted by Crippen LogP contribution is 2.26. The molecule has 0 bridgehead atoms. The Kier molecular flexibility index (Phi) is 4.14. The topological polar surface area (TPSA) is 38.5 Å². The van der Waals surface area contributed by atoms with E-state index in [0.717, 1.165) is 30.9 Å². The summed E-state index contributed by atoms with van der Waals surface area (Å²) >= 11 is 3.21. The van der Waals surface area contributed by atoms with E-state index in [-0.39, 0.29) is 11.9 Å². The third kappa shape index (κ3) is 3.08. The number of hydrogen-bond donors (Lipinski definition) is 0. The van der Waals surface area contributed by atoms with Crippen molar-refractivity contribution >= 4 is 15.9 Å². The Morgan fingerprint density at radius 2 is 2.30 bits per heavy atom. The minimum absolute atomic E-state index is 0.0486. The third-order valence-corrected chi connectivity index (χ3v) is 3.95. The van der Waals surface area contributed by atoms with Crippen LogP contribution < -0.4 is 0 Å². The van der Waals surface area contributed by atoms with E-state index in [2.05, 4.69) is 26.0 Å². The molecule has 1 atom stereocenters. The van der Waals surface area contributed by atoms with Gasteiger partial charge < -0.3 is 9.26 Å². The van der Waals surface area contributed by atoms with Gasteiger partial charge in [0, 0.05) is 25.7 Å². The number of aromatic nitrogens is 1. The van der Waals surface area contributed by atoms with Gasteiger partial charge in [-0.2, -0.15) is 0 Å². The molecule has 6 heteroatoms. The number of rotatable bonds is 3. The molecule has 20 heavy (non-hydrogen) atoms. The molecule has 0 aliphatic carbocycles. The molecule has 0 unspecified atom stereocenters. The fraction of sp³-hybridized carbons (Fsp3) is 0.357. The Hall–Kier alpha value is -1.24. The molecule has 0 radical (unpaired) electrons. The highest BCUT2D eigenvalue weighted by molar-refractivity contribution is 9.10. The summed E-state index contributed by atoms with van der Waals surface area (Å²) < 4.78 is 24.4. The van der Waals surface area contributed by atoms with E-state index < -0.39 is 0 Å². The molecule has 3 rings (SSSR count). The lowest BCUT2D eigenvalue weighted by atomic mass is 10.1. The van der Waals surface area contributed by atoms with Crippen LogP contribution >= 0.6 is 15.9 Å². The Bertz CT molecular complexity index is 577. The van der Waals surface area contributed by atoms with E-state index in [1.165, 1.54) is 6.07 Å². The van der Waals surface area contributed by atoms with Gasteiger partial charge in [-0.3, -0.25) is 4.90 Å². The molecular formula is C14H14BrFN2O2. The first-order valence-electron chi connectivity index (χ1n) is 6.40. The molecule has 1 aromatic heterocycles. The van der Waals surface area contributed by atoms with Crippen LogP contribution in [0.2, 0.25) is 0 Å². The largest absolute Gasteiger partial charge is 0.371 e. The number of nitrogens with zero attached hydrogens (tertiary/aromatic N) is 2. The Balaban J connectivity index is 1.69. The highest BCUT2D eigenvalue weighted by atomic mass is 79.9. The number of benzene rings is 1. The second-order valence-corrected chi connectivity index (χ2v) is 5.61. The van der Waals surface area contributed by atoms with Gasteiger partial charge in [0.2, 0.25) is 0 Å². The maximum Gasteiger partial charge on any atom is 0.137 e. The number of halogens is 2. The highest BCUT2D eigenvalue weighted by Gasteiger charge is 2.23. The van der Waals surface area contributed by atoms with E-state index >= 15 is 0 Å². The zero-order valence-electron chi connectivity index (χ0n) is 10.8. The molecule has 1 fully saturated rings. The molecule has 0 N–H and O–H groups in total. The van der Waals surface area contributed by atoms with Crippen LogP contribution in [-0.2, 0) is 11.3 Å². The van der Waals surface area contributed by atoms with Gasteiger partial charge in [-0.1, -0.05) is 11.2 Å². The summed E-state index contributed by atoms with van der Waals surface area (Å²) in [6.07, 6.45) is 1.53. The van der Waals surface area contributed by atoms with Crippen molar-refractivity contribution in [1.82, 2.24) is 10.1 Å². The zero-order chi connectivity index (χ0) is 13.9. The van der Waals surface area contributed by atoms with Gasteiger partial charge in [0.15, 0.2) is 0 Å². The normalized spacial score (nSPS) is 20.2. The molecule has 1 saturated heterocycles. The Morgan fingerprint density at radius 3 is 3.05 bits per heavy atom. The van der Waals surface area contributed by atoms with Crippen molar-refractivity contribution in [2.24, 2.45) is 0 Å². The zero-order valence-corrected chi connectivity index (χ0v) is 12.3. The average molecular weight is 341 g/mol. The lowest BCUT2D eigenvalue weighted by Crippen LogP contribution is -2.37. The van der Waals surface area contributed by atoms with Crippen LogP contribution in [0.25, 0.3) is 0 Å². The maximum absolute atomic E-state index is 13.3. The second-order valence-electron chi connectivity index (χ2n) is 4.76. The van der Waals surface area contributed by atoms with Crippen molar-refractivity contribution in [3.63, 3.8) is 0 Å². The Labute approximate surface area is 124 Å². The van der Waals surface area contributed by atoms with Crippen molar-refractivity contribution in [1.29, 1.82) is 0 Å². The molecule has 1 aromatic carbocycles. The maximum atomic E-state index is 13.3. The predicted octanol–water partition coefficient (Wildman–Crippen LogP) is 3.15. The lowest BCUT2D eigenvalue weighted by molar-refractivity contribution is -0.0335. The molecule has 2 aromatic rings. The van der Waals surface area contributed by atoms with Gasteiger partial charge >= 0.3 is 0 Å². The van der Waals surface area contributed by atoms with Crippen LogP contribution in [0, 0.1) is 5.82 Å². The second kappa shape index (κ2) is 6.03. The summed E-state index contributed by atoms with van der Waals surface area (Å²) in [5.74, 6) is -0.260. The SMILES string of the molecule is Fc1ccc([C@H]2CN(Cc3ccon3)CCO2)cc1Br. The fourth-order valence-electron chi connectivity index (χ4n) is 2.31. The van der Waals surface area contributed by atoms with E-state index in [1.807, 2.05) is 6.07 Å². The lowest BCUT2D eigenvalue weighted by Gasteiger charge is -2.32. The van der Waals surface area contributed by atoms with Gasteiger partial charge in [0.25, 0.3) is 0 Å². The van der Waals surface area contributed by atoms with E-state index in [1.54, 1.807) is 18.4 Å². The van der Waals surface area contributed by atoms with Crippen LogP contribution in [-0.4, -0.2) is 29.8 Å². The quantitative estimate of drug-likeness (QED) is 0.860. The molecule has 0 saturated carbocycles. The van der Waals surface area contributed by atoms with E-state index in [0.29, 0.717) is 11.1 Å². The van der Waals surface area contributed by atoms with Gasteiger partial charge in [-0.15, -0.1) is 0 Å². The summed E-state index contributed by atoms with van der Waals surface area (Å²) in [6, 6.07) is 6.86. The molecule has 0 spiro atoms. The molecule has 106 valence electrons. The molecule has 4 nitrogen and oxygen atoms in total. The van der Waals surface area contributed by atoms with E-state index in [4.69, 9.17) is 9.26 Å². The van der Waals surface area contributed by atoms with Gasteiger partial charge in [0.1, 0.15) is 12.1 Å². The number of ether oxygens (including phenoxy) is 1. The first-order chi connectivity index (χ1) is 9.72. The first-order valence-corrected chi connectivity index (χ1v) is 7.20. The smallest absolute Gasteiger partial charge is 0.137 e. The number of hydrogen-bond acceptors (Lipinski definition) is 4. The summed E-state index contributed by atoms with van der Waals surface area (Å²) in [4.78, 5) is 2.25. The van der Waals surface area contributed by atoms with Crippen LogP contribution in [0.15, 0.2) is 39.5 Å². The third-order valence-electron chi connectivity index (χ3n) is 3.34. The Morgan fingerprint density at radius 1 is 1.40 bits per heavy atom. The standard InChI is InChI=1S/C14H14BrFN2O2/c15-12-7-10(1-2-13(12)16)14-9-18(4-6-19-14)8-11-3-5-20-17-11/h1-3,5,7,14H,4,6,8-9H2/t14-/m1/s1. The van der Waals surface area contributed by atoms with Crippen LogP contribution in [0.1, 0.15) is 17.4 Å². The first kappa shape index (κ1) is 13.7. The van der Waals surface area contributed by atoms with Crippen molar-refractivity contribution in [2.75, 3.05) is 19.7 Å². The molecular weight excluding hydrogens is 327 g/mol. The summed E-state index contributed by atoms with van der Waals surface area (Å²) in [6.45, 7) is 2.99. The minimum Gasteiger partial charge on any atom is -0.371 e. The summed E-state index contributed by atoms with van der Waals surface area (Å²) in [5.41, 5.74) is 1.88. The number of morpholine rings is 1. The van der Waals surface area contributed by atoms with Crippen molar-refractivity contribution in [3.05, 3.63) is 52.1 Å². The summed E-state index contributed by atoms with van der Waals surface area (Å²) in [5, 5.41) is 3.92.